The Morgan fingerprint density at radius 3 is 2.33 bits per heavy atom. The normalized spacial score (nSPS) is 56.6. The van der Waals surface area contributed by atoms with E-state index < -0.39 is 57.8 Å². The molecule has 0 amide bonds. The number of fused-ring (bicyclic) bond motifs is 3. The van der Waals surface area contributed by atoms with Crippen molar-refractivity contribution in [2.45, 2.75) is 96.4 Å². The molecular weight excluding hydrogens is 424 g/mol. The highest BCUT2D eigenvalue weighted by atomic mass is 16.7. The van der Waals surface area contributed by atoms with Crippen LogP contribution < -0.4 is 0 Å². The first-order valence-electron chi connectivity index (χ1n) is 12.3. The van der Waals surface area contributed by atoms with Crippen LogP contribution in [-0.2, 0) is 14.3 Å². The van der Waals surface area contributed by atoms with Gasteiger partial charge in [-0.1, -0.05) is 34.6 Å². The van der Waals surface area contributed by atoms with Gasteiger partial charge in [0.25, 0.3) is 0 Å². The van der Waals surface area contributed by atoms with Gasteiger partial charge in [-0.3, -0.25) is 0 Å². The molecule has 0 radical (unpaired) electrons. The fourth-order valence-electron chi connectivity index (χ4n) is 9.48. The highest BCUT2D eigenvalue weighted by molar-refractivity contribution is 5.82. The first kappa shape index (κ1) is 22.1. The summed E-state index contributed by atoms with van der Waals surface area (Å²) in [4.78, 5) is 13.1. The van der Waals surface area contributed by atoms with E-state index in [-0.39, 0.29) is 17.8 Å². The summed E-state index contributed by atoms with van der Waals surface area (Å²) in [6.45, 7) is 10.4. The van der Waals surface area contributed by atoms with Gasteiger partial charge in [0.1, 0.15) is 11.7 Å². The minimum absolute atomic E-state index is 0.0602. The molecule has 0 aromatic carbocycles. The smallest absolute Gasteiger partial charge is 0.339 e. The van der Waals surface area contributed by atoms with Crippen molar-refractivity contribution in [2.75, 3.05) is 0 Å². The summed E-state index contributed by atoms with van der Waals surface area (Å²) in [6, 6.07) is 1.83. The molecule has 0 bridgehead atoms. The van der Waals surface area contributed by atoms with Crippen LogP contribution in [0, 0.1) is 33.5 Å². The van der Waals surface area contributed by atoms with Gasteiger partial charge >= 0.3 is 5.97 Å². The molecule has 7 heteroatoms. The number of cyclic esters (lactones) is 1. The molecular formula is C26H36O7. The van der Waals surface area contributed by atoms with Gasteiger partial charge in [0, 0.05) is 28.2 Å². The molecule has 6 rings (SSSR count). The number of aliphatic hydroxyl groups is 3. The first-order chi connectivity index (χ1) is 15.4. The number of hydrogen-bond acceptors (Lipinski definition) is 7. The van der Waals surface area contributed by atoms with Gasteiger partial charge in [-0.15, -0.1) is 0 Å². The molecule has 1 aromatic heterocycles. The summed E-state index contributed by atoms with van der Waals surface area (Å²) in [5.41, 5.74) is -2.33. The highest BCUT2D eigenvalue weighted by Gasteiger charge is 2.88. The van der Waals surface area contributed by atoms with E-state index in [0.29, 0.717) is 12.8 Å². The van der Waals surface area contributed by atoms with Crippen LogP contribution in [0.2, 0.25) is 0 Å². The Morgan fingerprint density at radius 1 is 0.939 bits per heavy atom. The Kier molecular flexibility index (Phi) is 4.17. The molecule has 11 atom stereocenters. The van der Waals surface area contributed by atoms with E-state index in [1.165, 1.54) is 0 Å². The molecule has 1 spiro atoms. The zero-order valence-corrected chi connectivity index (χ0v) is 20.1. The van der Waals surface area contributed by atoms with Gasteiger partial charge in [0.15, 0.2) is 6.10 Å². The standard InChI is InChI=1S/C26H36O7/c1-22(2)15-10-18(29)25(5)14(24(15,4)17(28)11-16(22)27)6-8-23(3)19(13-7-9-31-12-13)32-21(30)20-26(23,25)33-20/h7,9,12,14-20,27-29H,6,8,10-11H2,1-5H3/t14-,15+,16-,17+,18-,19-,20-,23-,24+,25+,26-/m1/s1. The zero-order chi connectivity index (χ0) is 23.8. The number of aliphatic hydroxyl groups excluding tert-OH is 3. The molecule has 3 saturated carbocycles. The van der Waals surface area contributed by atoms with Gasteiger partial charge in [-0.25, -0.2) is 4.79 Å². The SMILES string of the molecule is CC1(C)[C@H](O)C[C@H](O)[C@@]2(C)[C@H]3CC[C@]4(C)[C@@H](c5ccoc5)OC(=O)[C@H]5O[C@]54[C@]3(C)[C@H](O)C[C@@H]12. The lowest BCUT2D eigenvalue weighted by Crippen LogP contribution is -2.75. The summed E-state index contributed by atoms with van der Waals surface area (Å²) in [5, 5.41) is 34.1. The van der Waals surface area contributed by atoms with Crippen LogP contribution in [-0.4, -0.2) is 51.3 Å². The Morgan fingerprint density at radius 2 is 1.67 bits per heavy atom. The molecule has 2 saturated heterocycles. The number of carbonyl (C=O) groups excluding carboxylic acids is 1. The maximum Gasteiger partial charge on any atom is 0.339 e. The number of furan rings is 1. The van der Waals surface area contributed by atoms with E-state index in [9.17, 15) is 20.1 Å². The predicted molar refractivity (Wildman–Crippen MR) is 117 cm³/mol. The van der Waals surface area contributed by atoms with Gasteiger partial charge in [0.2, 0.25) is 0 Å². The number of ether oxygens (including phenoxy) is 2. The minimum Gasteiger partial charge on any atom is -0.472 e. The largest absolute Gasteiger partial charge is 0.472 e. The maximum atomic E-state index is 13.1. The van der Waals surface area contributed by atoms with E-state index in [1.807, 2.05) is 6.07 Å². The van der Waals surface area contributed by atoms with Crippen molar-refractivity contribution in [1.82, 2.24) is 0 Å². The van der Waals surface area contributed by atoms with Crippen LogP contribution in [0.25, 0.3) is 0 Å². The van der Waals surface area contributed by atoms with Gasteiger partial charge < -0.3 is 29.2 Å². The van der Waals surface area contributed by atoms with Gasteiger partial charge in [-0.2, -0.15) is 0 Å². The summed E-state index contributed by atoms with van der Waals surface area (Å²) in [7, 11) is 0. The molecule has 2 aliphatic heterocycles. The molecule has 0 unspecified atom stereocenters. The summed E-state index contributed by atoms with van der Waals surface area (Å²) < 4.78 is 17.6. The second-order valence-electron chi connectivity index (χ2n) is 12.7. The lowest BCUT2D eigenvalue weighted by molar-refractivity contribution is -0.293. The average Bonchev–Trinajstić information content (AvgIpc) is 3.32. The van der Waals surface area contributed by atoms with E-state index in [4.69, 9.17) is 13.9 Å². The maximum absolute atomic E-state index is 13.1. The van der Waals surface area contributed by atoms with Gasteiger partial charge in [-0.05, 0) is 42.6 Å². The summed E-state index contributed by atoms with van der Waals surface area (Å²) in [5.74, 6) is -0.524. The molecule has 7 nitrogen and oxygen atoms in total. The summed E-state index contributed by atoms with van der Waals surface area (Å²) >= 11 is 0. The van der Waals surface area contributed by atoms with Crippen molar-refractivity contribution < 1.29 is 34.0 Å². The number of esters is 1. The molecule has 5 fully saturated rings. The topological polar surface area (TPSA) is 113 Å². The Bertz CT molecular complexity index is 989. The Balaban J connectivity index is 1.51. The monoisotopic (exact) mass is 460 g/mol. The quantitative estimate of drug-likeness (QED) is 0.436. The van der Waals surface area contributed by atoms with Crippen LogP contribution in [0.4, 0.5) is 0 Å². The van der Waals surface area contributed by atoms with Crippen LogP contribution in [0.1, 0.15) is 72.0 Å². The van der Waals surface area contributed by atoms with Crippen LogP contribution in [0.3, 0.4) is 0 Å². The van der Waals surface area contributed by atoms with Crippen LogP contribution in [0.5, 0.6) is 0 Å². The van der Waals surface area contributed by atoms with Gasteiger partial charge in [0.05, 0.1) is 30.8 Å². The highest BCUT2D eigenvalue weighted by Crippen LogP contribution is 2.80. The number of rotatable bonds is 1. The van der Waals surface area contributed by atoms with E-state index in [0.717, 1.165) is 18.4 Å². The molecule has 5 aliphatic rings. The molecule has 3 aliphatic carbocycles. The van der Waals surface area contributed by atoms with E-state index >= 15 is 0 Å². The average molecular weight is 461 g/mol. The number of epoxide rings is 1. The van der Waals surface area contributed by atoms with E-state index in [1.54, 1.807) is 12.5 Å². The van der Waals surface area contributed by atoms with Crippen molar-refractivity contribution >= 4 is 5.97 Å². The minimum atomic E-state index is -0.881. The lowest BCUT2D eigenvalue weighted by atomic mass is 9.34. The number of hydrogen-bond donors (Lipinski definition) is 3. The zero-order valence-electron chi connectivity index (χ0n) is 20.1. The second kappa shape index (κ2) is 6.23. The summed E-state index contributed by atoms with van der Waals surface area (Å²) in [6.07, 6.45) is 2.17. The number of carbonyl (C=O) groups is 1. The molecule has 3 N–H and O–H groups in total. The van der Waals surface area contributed by atoms with Crippen LogP contribution >= 0.6 is 0 Å². The van der Waals surface area contributed by atoms with Crippen molar-refractivity contribution in [3.63, 3.8) is 0 Å². The molecule has 182 valence electrons. The fraction of sp³-hybridized carbons (Fsp3) is 0.808. The van der Waals surface area contributed by atoms with Crippen molar-refractivity contribution in [3.05, 3.63) is 24.2 Å². The Hall–Kier alpha value is -1.41. The van der Waals surface area contributed by atoms with Crippen LogP contribution in [0.15, 0.2) is 23.0 Å². The van der Waals surface area contributed by atoms with Crippen molar-refractivity contribution in [3.8, 4) is 0 Å². The Labute approximate surface area is 194 Å². The molecule has 33 heavy (non-hydrogen) atoms. The first-order valence-corrected chi connectivity index (χ1v) is 12.3. The lowest BCUT2D eigenvalue weighted by Gasteiger charge is -2.71. The predicted octanol–water partition coefficient (Wildman–Crippen LogP) is 2.98. The molecule has 3 heterocycles. The third-order valence-corrected chi connectivity index (χ3v) is 11.4. The van der Waals surface area contributed by atoms with Crippen molar-refractivity contribution in [2.24, 2.45) is 33.5 Å². The van der Waals surface area contributed by atoms with E-state index in [2.05, 4.69) is 34.6 Å². The second-order valence-corrected chi connectivity index (χ2v) is 12.7. The molecule has 1 aromatic rings. The third kappa shape index (κ3) is 2.20. The fourth-order valence-corrected chi connectivity index (χ4v) is 9.48. The third-order valence-electron chi connectivity index (χ3n) is 11.4. The van der Waals surface area contributed by atoms with Crippen molar-refractivity contribution in [1.29, 1.82) is 0 Å².